The van der Waals surface area contributed by atoms with Gasteiger partial charge < -0.3 is 28.4 Å². The molecular formula is C45H45NO8. The number of carbonyl (C=O) groups excluding carboxylic acids is 2. The SMILES string of the molecule is CC(CCOCC1CO1)c1ccc(-c2ccc(OC(=O)c3cccc(C(=O)Oc4ccc(-c5ccc(C(C)CCOCC6CO6)cc5)cc4)n3)cc2)cc1. The molecule has 9 heteroatoms. The van der Waals surface area contributed by atoms with Crippen LogP contribution in [0.1, 0.15) is 70.6 Å². The average Bonchev–Trinajstić information content (AvgIpc) is 4.16. The summed E-state index contributed by atoms with van der Waals surface area (Å²) in [6, 6.07) is 36.1. The summed E-state index contributed by atoms with van der Waals surface area (Å²) in [7, 11) is 0. The van der Waals surface area contributed by atoms with Crippen molar-refractivity contribution in [3.63, 3.8) is 0 Å². The van der Waals surface area contributed by atoms with Crippen LogP contribution in [0.25, 0.3) is 22.3 Å². The molecule has 4 aromatic carbocycles. The van der Waals surface area contributed by atoms with Crippen molar-refractivity contribution in [2.45, 2.75) is 50.7 Å². The van der Waals surface area contributed by atoms with Crippen LogP contribution in [0.2, 0.25) is 0 Å². The average molecular weight is 728 g/mol. The first-order valence-electron chi connectivity index (χ1n) is 18.6. The van der Waals surface area contributed by atoms with Crippen molar-refractivity contribution in [3.05, 3.63) is 138 Å². The summed E-state index contributed by atoms with van der Waals surface area (Å²) in [6.45, 7) is 8.82. The van der Waals surface area contributed by atoms with Gasteiger partial charge in [0.05, 0.1) is 26.4 Å². The minimum atomic E-state index is -0.675. The number of nitrogens with zero attached hydrogens (tertiary/aromatic N) is 1. The lowest BCUT2D eigenvalue weighted by Crippen LogP contribution is -2.15. The van der Waals surface area contributed by atoms with Gasteiger partial charge in [-0.2, -0.15) is 0 Å². The van der Waals surface area contributed by atoms with Crippen molar-refractivity contribution in [2.75, 3.05) is 39.6 Å². The number of benzene rings is 4. The number of pyridine rings is 1. The maximum absolute atomic E-state index is 13.0. The molecule has 0 saturated carbocycles. The summed E-state index contributed by atoms with van der Waals surface area (Å²) in [5.41, 5.74) is 6.63. The zero-order valence-corrected chi connectivity index (χ0v) is 30.6. The molecule has 0 spiro atoms. The van der Waals surface area contributed by atoms with Gasteiger partial charge in [0.2, 0.25) is 0 Å². The number of aromatic nitrogens is 1. The first-order valence-corrected chi connectivity index (χ1v) is 18.6. The van der Waals surface area contributed by atoms with Crippen LogP contribution in [0.4, 0.5) is 0 Å². The Hall–Kier alpha value is -5.19. The zero-order chi connectivity index (χ0) is 37.3. The second-order valence-electron chi connectivity index (χ2n) is 13.9. The molecule has 278 valence electrons. The predicted molar refractivity (Wildman–Crippen MR) is 205 cm³/mol. The normalized spacial score (nSPS) is 17.0. The standard InChI is InChI=1S/C45H45NO8/c1-30(22-24-49-26-40-28-51-40)32-6-10-34(11-7-32)36-14-18-38(19-15-36)53-44(47)42-4-3-5-43(46-42)45(48)54-39-20-16-37(17-21-39)35-12-8-33(9-13-35)31(2)23-25-50-27-41-29-52-41/h3-21,30-31,40-41H,22-29H2,1-2H3. The second kappa shape index (κ2) is 17.8. The van der Waals surface area contributed by atoms with E-state index in [9.17, 15) is 9.59 Å². The van der Waals surface area contributed by atoms with Gasteiger partial charge in [-0.25, -0.2) is 14.6 Å². The summed E-state index contributed by atoms with van der Waals surface area (Å²) in [6.07, 6.45) is 2.48. The van der Waals surface area contributed by atoms with Crippen LogP contribution in [-0.2, 0) is 18.9 Å². The molecule has 2 saturated heterocycles. The highest BCUT2D eigenvalue weighted by atomic mass is 16.6. The van der Waals surface area contributed by atoms with E-state index in [4.69, 9.17) is 28.4 Å². The monoisotopic (exact) mass is 727 g/mol. The van der Waals surface area contributed by atoms with E-state index in [1.54, 1.807) is 30.3 Å². The highest BCUT2D eigenvalue weighted by Crippen LogP contribution is 2.28. The van der Waals surface area contributed by atoms with E-state index in [1.807, 2.05) is 24.3 Å². The maximum Gasteiger partial charge on any atom is 0.362 e. The Labute approximate surface area is 316 Å². The van der Waals surface area contributed by atoms with Crippen LogP contribution in [0.3, 0.4) is 0 Å². The Morgan fingerprint density at radius 1 is 0.574 bits per heavy atom. The molecule has 4 atom stereocenters. The predicted octanol–water partition coefficient (Wildman–Crippen LogP) is 8.67. The van der Waals surface area contributed by atoms with Gasteiger partial charge in [0.15, 0.2) is 0 Å². The largest absolute Gasteiger partial charge is 0.422 e. The molecule has 0 amide bonds. The minimum Gasteiger partial charge on any atom is -0.422 e. The van der Waals surface area contributed by atoms with Crippen molar-refractivity contribution in [1.82, 2.24) is 4.98 Å². The molecule has 2 aliphatic heterocycles. The number of carbonyl (C=O) groups is 2. The summed E-state index contributed by atoms with van der Waals surface area (Å²) in [5.74, 6) is 0.158. The van der Waals surface area contributed by atoms with Gasteiger partial charge in [0.1, 0.15) is 35.1 Å². The molecule has 0 radical (unpaired) electrons. The van der Waals surface area contributed by atoms with E-state index < -0.39 is 11.9 Å². The highest BCUT2D eigenvalue weighted by molar-refractivity contribution is 5.93. The Morgan fingerprint density at radius 2 is 0.926 bits per heavy atom. The molecule has 0 aliphatic carbocycles. The summed E-state index contributed by atoms with van der Waals surface area (Å²) in [4.78, 5) is 30.2. The fraction of sp³-hybridized carbons (Fsp3) is 0.311. The van der Waals surface area contributed by atoms with Gasteiger partial charge in [-0.05, 0) is 94.5 Å². The van der Waals surface area contributed by atoms with Crippen LogP contribution in [0.15, 0.2) is 115 Å². The summed E-state index contributed by atoms with van der Waals surface area (Å²) < 4.78 is 32.9. The second-order valence-corrected chi connectivity index (χ2v) is 13.9. The number of epoxide rings is 2. The molecule has 9 nitrogen and oxygen atoms in total. The maximum atomic E-state index is 13.0. The quantitative estimate of drug-likeness (QED) is 0.0379. The van der Waals surface area contributed by atoms with E-state index >= 15 is 0 Å². The summed E-state index contributed by atoms with van der Waals surface area (Å²) >= 11 is 0. The Bertz CT molecular complexity index is 1840. The Balaban J connectivity index is 0.881. The molecule has 2 fully saturated rings. The van der Waals surface area contributed by atoms with Crippen LogP contribution in [0, 0.1) is 0 Å². The molecule has 4 unspecified atom stereocenters. The Kier molecular flexibility index (Phi) is 12.2. The van der Waals surface area contributed by atoms with Crippen molar-refractivity contribution in [1.29, 1.82) is 0 Å². The lowest BCUT2D eigenvalue weighted by molar-refractivity contribution is 0.0722. The van der Waals surface area contributed by atoms with E-state index in [1.165, 1.54) is 23.3 Å². The van der Waals surface area contributed by atoms with Gasteiger partial charge in [0, 0.05) is 13.2 Å². The molecule has 2 aliphatic rings. The number of ether oxygens (including phenoxy) is 6. The summed E-state index contributed by atoms with van der Waals surface area (Å²) in [5, 5.41) is 0. The minimum absolute atomic E-state index is 0.00185. The third kappa shape index (κ3) is 10.5. The van der Waals surface area contributed by atoms with Crippen molar-refractivity contribution in [3.8, 4) is 33.8 Å². The van der Waals surface area contributed by atoms with Gasteiger partial charge in [-0.15, -0.1) is 0 Å². The number of rotatable bonds is 18. The highest BCUT2D eigenvalue weighted by Gasteiger charge is 2.23. The fourth-order valence-electron chi connectivity index (χ4n) is 6.03. The first kappa shape index (κ1) is 37.1. The fourth-order valence-corrected chi connectivity index (χ4v) is 6.03. The van der Waals surface area contributed by atoms with E-state index in [0.717, 1.165) is 48.3 Å². The van der Waals surface area contributed by atoms with E-state index in [0.29, 0.717) is 62.0 Å². The molecule has 0 bridgehead atoms. The van der Waals surface area contributed by atoms with E-state index in [2.05, 4.69) is 67.4 Å². The van der Waals surface area contributed by atoms with Gasteiger partial charge in [0.25, 0.3) is 0 Å². The van der Waals surface area contributed by atoms with Crippen molar-refractivity contribution < 1.29 is 38.0 Å². The lowest BCUT2D eigenvalue weighted by atomic mass is 9.95. The number of hydrogen-bond acceptors (Lipinski definition) is 9. The molecule has 54 heavy (non-hydrogen) atoms. The van der Waals surface area contributed by atoms with Crippen LogP contribution < -0.4 is 9.47 Å². The van der Waals surface area contributed by atoms with Crippen molar-refractivity contribution in [2.24, 2.45) is 0 Å². The number of esters is 2. The number of hydrogen-bond donors (Lipinski definition) is 0. The molecular weight excluding hydrogens is 682 g/mol. The van der Waals surface area contributed by atoms with Gasteiger partial charge >= 0.3 is 11.9 Å². The Morgan fingerprint density at radius 3 is 1.28 bits per heavy atom. The third-order valence-electron chi connectivity index (χ3n) is 9.73. The zero-order valence-electron chi connectivity index (χ0n) is 30.6. The van der Waals surface area contributed by atoms with Gasteiger partial charge in [-0.3, -0.25) is 0 Å². The molecule has 1 aromatic heterocycles. The first-order chi connectivity index (χ1) is 26.4. The van der Waals surface area contributed by atoms with Crippen LogP contribution in [0.5, 0.6) is 11.5 Å². The smallest absolute Gasteiger partial charge is 0.362 e. The van der Waals surface area contributed by atoms with Crippen LogP contribution in [-0.4, -0.2) is 68.8 Å². The molecule has 0 N–H and O–H groups in total. The molecule has 5 aromatic rings. The lowest BCUT2D eigenvalue weighted by Gasteiger charge is -2.13. The van der Waals surface area contributed by atoms with Gasteiger partial charge in [-0.1, -0.05) is 92.7 Å². The van der Waals surface area contributed by atoms with Crippen molar-refractivity contribution >= 4 is 11.9 Å². The molecule has 3 heterocycles. The topological polar surface area (TPSA) is 109 Å². The van der Waals surface area contributed by atoms with E-state index in [-0.39, 0.29) is 11.4 Å². The van der Waals surface area contributed by atoms with Crippen LogP contribution >= 0.6 is 0 Å². The third-order valence-corrected chi connectivity index (χ3v) is 9.73. The molecule has 7 rings (SSSR count).